The predicted molar refractivity (Wildman–Crippen MR) is 66.1 cm³/mol. The van der Waals surface area contributed by atoms with E-state index in [0.29, 0.717) is 5.69 Å². The normalized spacial score (nSPS) is 12.8. The number of aliphatic hydroxyl groups excluding tert-OH is 1. The molecule has 2 rings (SSSR count). The average Bonchev–Trinajstić information content (AvgIpc) is 2.68. The number of aryl methyl sites for hydroxylation is 2. The number of hydrogen-bond acceptors (Lipinski definition) is 2. The van der Waals surface area contributed by atoms with Crippen LogP contribution in [0.15, 0.2) is 34.9 Å². The summed E-state index contributed by atoms with van der Waals surface area (Å²) < 4.78 is 2.68. The quantitative estimate of drug-likeness (QED) is 0.918. The second-order valence-corrected chi connectivity index (χ2v) is 4.68. The van der Waals surface area contributed by atoms with Crippen LogP contribution >= 0.6 is 15.9 Å². The molecule has 1 unspecified atom stereocenters. The lowest BCUT2D eigenvalue weighted by molar-refractivity contribution is 0.214. The summed E-state index contributed by atoms with van der Waals surface area (Å²) in [5, 5.41) is 14.3. The third-order valence-corrected chi connectivity index (χ3v) is 3.38. The molecule has 0 aliphatic carbocycles. The first-order valence-electron chi connectivity index (χ1n) is 5.01. The predicted octanol–water partition coefficient (Wildman–Crippen LogP) is 2.57. The summed E-state index contributed by atoms with van der Waals surface area (Å²) in [6.45, 7) is 2.01. The van der Waals surface area contributed by atoms with Crippen molar-refractivity contribution in [3.8, 4) is 0 Å². The molecule has 3 nitrogen and oxygen atoms in total. The molecule has 1 atom stereocenters. The van der Waals surface area contributed by atoms with Crippen LogP contribution in [0.25, 0.3) is 0 Å². The SMILES string of the molecule is Cc1ccc(C(O)c2ccn(C)n2)cc1Br. The molecular weight excluding hydrogens is 268 g/mol. The van der Waals surface area contributed by atoms with Crippen LogP contribution in [0.2, 0.25) is 0 Å². The molecule has 0 radical (unpaired) electrons. The van der Waals surface area contributed by atoms with Crippen molar-refractivity contribution in [2.45, 2.75) is 13.0 Å². The Labute approximate surface area is 103 Å². The van der Waals surface area contributed by atoms with Crippen LogP contribution in [0.3, 0.4) is 0 Å². The maximum absolute atomic E-state index is 10.1. The molecule has 0 aliphatic rings. The summed E-state index contributed by atoms with van der Waals surface area (Å²) in [5.41, 5.74) is 2.66. The number of hydrogen-bond donors (Lipinski definition) is 1. The molecule has 0 saturated heterocycles. The summed E-state index contributed by atoms with van der Waals surface area (Å²) in [7, 11) is 1.83. The van der Waals surface area contributed by atoms with Gasteiger partial charge in [-0.15, -0.1) is 0 Å². The zero-order chi connectivity index (χ0) is 11.7. The number of aromatic nitrogens is 2. The van der Waals surface area contributed by atoms with E-state index in [1.54, 1.807) is 4.68 Å². The van der Waals surface area contributed by atoms with Crippen molar-refractivity contribution in [2.75, 3.05) is 0 Å². The van der Waals surface area contributed by atoms with Crippen LogP contribution in [0.4, 0.5) is 0 Å². The van der Waals surface area contributed by atoms with Gasteiger partial charge >= 0.3 is 0 Å². The minimum atomic E-state index is -0.668. The fourth-order valence-electron chi connectivity index (χ4n) is 1.53. The summed E-state index contributed by atoms with van der Waals surface area (Å²) in [6, 6.07) is 7.64. The van der Waals surface area contributed by atoms with Crippen LogP contribution in [0.1, 0.15) is 22.9 Å². The van der Waals surface area contributed by atoms with Gasteiger partial charge in [0.15, 0.2) is 0 Å². The topological polar surface area (TPSA) is 38.0 Å². The zero-order valence-corrected chi connectivity index (χ0v) is 10.8. The van der Waals surface area contributed by atoms with Crippen molar-refractivity contribution >= 4 is 15.9 Å². The van der Waals surface area contributed by atoms with Crippen molar-refractivity contribution in [1.29, 1.82) is 0 Å². The third-order valence-electron chi connectivity index (χ3n) is 2.53. The van der Waals surface area contributed by atoms with Gasteiger partial charge in [0.25, 0.3) is 0 Å². The zero-order valence-electron chi connectivity index (χ0n) is 9.18. The first kappa shape index (κ1) is 11.4. The minimum Gasteiger partial charge on any atom is -0.382 e. The van der Waals surface area contributed by atoms with Crippen molar-refractivity contribution in [3.05, 3.63) is 51.8 Å². The van der Waals surface area contributed by atoms with Gasteiger partial charge in [-0.1, -0.05) is 28.1 Å². The van der Waals surface area contributed by atoms with E-state index in [-0.39, 0.29) is 0 Å². The lowest BCUT2D eigenvalue weighted by Gasteiger charge is -2.09. The molecule has 0 fully saturated rings. The van der Waals surface area contributed by atoms with Crippen molar-refractivity contribution < 1.29 is 5.11 Å². The first-order valence-corrected chi connectivity index (χ1v) is 5.81. The van der Waals surface area contributed by atoms with E-state index in [1.165, 1.54) is 0 Å². The van der Waals surface area contributed by atoms with E-state index in [0.717, 1.165) is 15.6 Å². The molecule has 1 aromatic heterocycles. The van der Waals surface area contributed by atoms with E-state index in [9.17, 15) is 5.11 Å². The fourth-order valence-corrected chi connectivity index (χ4v) is 1.93. The summed E-state index contributed by atoms with van der Waals surface area (Å²) in [4.78, 5) is 0. The Morgan fingerprint density at radius 3 is 2.69 bits per heavy atom. The molecule has 2 aromatic rings. The maximum Gasteiger partial charge on any atom is 0.123 e. The Morgan fingerprint density at radius 2 is 2.12 bits per heavy atom. The van der Waals surface area contributed by atoms with Gasteiger partial charge in [-0.3, -0.25) is 4.68 Å². The molecule has 0 spiro atoms. The lowest BCUT2D eigenvalue weighted by Crippen LogP contribution is -2.02. The van der Waals surface area contributed by atoms with E-state index in [4.69, 9.17) is 0 Å². The van der Waals surface area contributed by atoms with Crippen molar-refractivity contribution in [1.82, 2.24) is 9.78 Å². The van der Waals surface area contributed by atoms with Gasteiger partial charge in [0.2, 0.25) is 0 Å². The van der Waals surface area contributed by atoms with Crippen molar-refractivity contribution in [3.63, 3.8) is 0 Å². The minimum absolute atomic E-state index is 0.665. The monoisotopic (exact) mass is 280 g/mol. The number of aliphatic hydroxyl groups is 1. The molecule has 84 valence electrons. The summed E-state index contributed by atoms with van der Waals surface area (Å²) in [5.74, 6) is 0. The third kappa shape index (κ3) is 2.18. The molecule has 4 heteroatoms. The number of benzene rings is 1. The Bertz CT molecular complexity index is 507. The van der Waals surface area contributed by atoms with E-state index < -0.39 is 6.10 Å². The van der Waals surface area contributed by atoms with Gasteiger partial charge in [0, 0.05) is 17.7 Å². The second kappa shape index (κ2) is 4.39. The number of halogens is 1. The maximum atomic E-state index is 10.1. The standard InChI is InChI=1S/C12H13BrN2O/c1-8-3-4-9(7-10(8)13)12(16)11-5-6-15(2)14-11/h3-7,12,16H,1-2H3. The molecule has 0 aliphatic heterocycles. The highest BCUT2D eigenvalue weighted by molar-refractivity contribution is 9.10. The Morgan fingerprint density at radius 1 is 1.38 bits per heavy atom. The van der Waals surface area contributed by atoms with Crippen LogP contribution in [-0.2, 0) is 7.05 Å². The van der Waals surface area contributed by atoms with Crippen LogP contribution in [0, 0.1) is 6.92 Å². The Kier molecular flexibility index (Phi) is 3.12. The van der Waals surface area contributed by atoms with Crippen LogP contribution in [0.5, 0.6) is 0 Å². The Hall–Kier alpha value is -1.13. The molecule has 1 heterocycles. The smallest absolute Gasteiger partial charge is 0.123 e. The highest BCUT2D eigenvalue weighted by atomic mass is 79.9. The molecule has 16 heavy (non-hydrogen) atoms. The molecule has 0 bridgehead atoms. The molecule has 0 saturated carbocycles. The Balaban J connectivity index is 2.33. The average molecular weight is 281 g/mol. The van der Waals surface area contributed by atoms with E-state index in [2.05, 4.69) is 21.0 Å². The van der Waals surface area contributed by atoms with Crippen molar-refractivity contribution in [2.24, 2.45) is 7.05 Å². The van der Waals surface area contributed by atoms with Gasteiger partial charge in [0.05, 0.1) is 5.69 Å². The molecular formula is C12H13BrN2O. The van der Waals surface area contributed by atoms with Gasteiger partial charge in [0.1, 0.15) is 6.10 Å². The van der Waals surface area contributed by atoms with Gasteiger partial charge in [-0.2, -0.15) is 5.10 Å². The van der Waals surface area contributed by atoms with Gasteiger partial charge in [-0.25, -0.2) is 0 Å². The second-order valence-electron chi connectivity index (χ2n) is 3.83. The van der Waals surface area contributed by atoms with Gasteiger partial charge < -0.3 is 5.11 Å². The lowest BCUT2D eigenvalue weighted by atomic mass is 10.1. The number of nitrogens with zero attached hydrogens (tertiary/aromatic N) is 2. The molecule has 1 aromatic carbocycles. The summed E-state index contributed by atoms with van der Waals surface area (Å²) >= 11 is 3.46. The van der Waals surface area contributed by atoms with Gasteiger partial charge in [-0.05, 0) is 30.2 Å². The van der Waals surface area contributed by atoms with Crippen LogP contribution < -0.4 is 0 Å². The largest absolute Gasteiger partial charge is 0.382 e. The summed E-state index contributed by atoms with van der Waals surface area (Å²) in [6.07, 6.45) is 1.15. The van der Waals surface area contributed by atoms with E-state index >= 15 is 0 Å². The first-order chi connectivity index (χ1) is 7.58. The molecule has 1 N–H and O–H groups in total. The number of rotatable bonds is 2. The molecule has 0 amide bonds. The van der Waals surface area contributed by atoms with E-state index in [1.807, 2.05) is 44.4 Å². The van der Waals surface area contributed by atoms with Crippen LogP contribution in [-0.4, -0.2) is 14.9 Å². The fraction of sp³-hybridized carbons (Fsp3) is 0.250. The highest BCUT2D eigenvalue weighted by Crippen LogP contribution is 2.25. The highest BCUT2D eigenvalue weighted by Gasteiger charge is 2.13.